The molecule has 0 bridgehead atoms. The fourth-order valence-corrected chi connectivity index (χ4v) is 5.46. The third-order valence-electron chi connectivity index (χ3n) is 4.79. The molecule has 148 valence electrons. The first-order valence-electron chi connectivity index (χ1n) is 8.92. The van der Waals surface area contributed by atoms with Crippen molar-refractivity contribution in [3.63, 3.8) is 0 Å². The third-order valence-corrected chi connectivity index (χ3v) is 7.05. The van der Waals surface area contributed by atoms with Crippen LogP contribution < -0.4 is 0 Å². The van der Waals surface area contributed by atoms with Gasteiger partial charge in [0, 0.05) is 17.1 Å². The lowest BCUT2D eigenvalue weighted by Gasteiger charge is -2.34. The predicted octanol–water partition coefficient (Wildman–Crippen LogP) is 3.39. The maximum Gasteiger partial charge on any atom is 0.307 e. The topological polar surface area (TPSA) is 91.8 Å². The number of nitrogens with zero attached hydrogens (tertiary/aromatic N) is 1. The van der Waals surface area contributed by atoms with Gasteiger partial charge in [-0.15, -0.1) is 0 Å². The molecule has 2 aromatic rings. The Morgan fingerprint density at radius 3 is 2.43 bits per heavy atom. The van der Waals surface area contributed by atoms with E-state index in [4.69, 9.17) is 16.7 Å². The van der Waals surface area contributed by atoms with Gasteiger partial charge in [0.2, 0.25) is 10.0 Å². The SMILES string of the molecule is O=C(O)Cc1ccccc1S(=O)(=O)N1CCCCC1C(=O)c1ccc(Cl)cc1. The van der Waals surface area contributed by atoms with E-state index in [1.165, 1.54) is 16.4 Å². The Kier molecular flexibility index (Phi) is 6.17. The molecule has 3 rings (SSSR count). The average molecular weight is 422 g/mol. The molecule has 1 heterocycles. The Bertz CT molecular complexity index is 988. The standard InChI is InChI=1S/C20H20ClNO5S/c21-16-10-8-14(9-11-16)20(25)17-6-3-4-12-22(17)28(26,27)18-7-2-1-5-15(18)13-19(23)24/h1-2,5,7-11,17H,3-4,6,12-13H2,(H,23,24). The highest BCUT2D eigenvalue weighted by Crippen LogP contribution is 2.29. The summed E-state index contributed by atoms with van der Waals surface area (Å²) in [6.45, 7) is 0.216. The van der Waals surface area contributed by atoms with Crippen LogP contribution in [0.3, 0.4) is 0 Å². The van der Waals surface area contributed by atoms with E-state index in [-0.39, 0.29) is 22.8 Å². The fraction of sp³-hybridized carbons (Fsp3) is 0.300. The van der Waals surface area contributed by atoms with E-state index in [9.17, 15) is 18.0 Å². The van der Waals surface area contributed by atoms with Crippen LogP contribution in [0.2, 0.25) is 5.02 Å². The quantitative estimate of drug-likeness (QED) is 0.722. The number of Topliss-reactive ketones (excluding diaryl/α,β-unsaturated/α-hetero) is 1. The normalized spacial score (nSPS) is 18.0. The van der Waals surface area contributed by atoms with Gasteiger partial charge in [-0.05, 0) is 48.7 Å². The highest BCUT2D eigenvalue weighted by Gasteiger charge is 2.38. The molecule has 1 aliphatic heterocycles. The Balaban J connectivity index is 1.98. The smallest absolute Gasteiger partial charge is 0.307 e. The lowest BCUT2D eigenvalue weighted by Crippen LogP contribution is -2.48. The van der Waals surface area contributed by atoms with Crippen molar-refractivity contribution in [1.82, 2.24) is 4.31 Å². The van der Waals surface area contributed by atoms with Crippen molar-refractivity contribution in [3.05, 3.63) is 64.7 Å². The van der Waals surface area contributed by atoms with Crippen molar-refractivity contribution in [2.45, 2.75) is 36.6 Å². The number of benzene rings is 2. The molecule has 0 spiro atoms. The van der Waals surface area contributed by atoms with Crippen LogP contribution in [0.1, 0.15) is 35.2 Å². The lowest BCUT2D eigenvalue weighted by atomic mass is 9.96. The Morgan fingerprint density at radius 2 is 1.75 bits per heavy atom. The number of rotatable bonds is 6. The molecule has 8 heteroatoms. The molecule has 0 saturated carbocycles. The maximum atomic E-state index is 13.3. The Morgan fingerprint density at radius 1 is 1.07 bits per heavy atom. The van der Waals surface area contributed by atoms with Gasteiger partial charge in [0.25, 0.3) is 0 Å². The first kappa shape index (κ1) is 20.5. The highest BCUT2D eigenvalue weighted by molar-refractivity contribution is 7.89. The minimum atomic E-state index is -4.03. The van der Waals surface area contributed by atoms with Gasteiger partial charge in [-0.2, -0.15) is 4.31 Å². The van der Waals surface area contributed by atoms with Gasteiger partial charge in [-0.3, -0.25) is 9.59 Å². The molecule has 0 amide bonds. The minimum absolute atomic E-state index is 0.0618. The van der Waals surface area contributed by atoms with Crippen molar-refractivity contribution in [2.24, 2.45) is 0 Å². The van der Waals surface area contributed by atoms with E-state index in [1.807, 2.05) is 0 Å². The summed E-state index contributed by atoms with van der Waals surface area (Å²) in [6.07, 6.45) is 1.40. The van der Waals surface area contributed by atoms with E-state index in [1.54, 1.807) is 36.4 Å². The first-order chi connectivity index (χ1) is 13.3. The molecule has 1 atom stereocenters. The minimum Gasteiger partial charge on any atom is -0.481 e. The summed E-state index contributed by atoms with van der Waals surface area (Å²) in [6, 6.07) is 11.6. The van der Waals surface area contributed by atoms with E-state index < -0.39 is 28.5 Å². The zero-order valence-corrected chi connectivity index (χ0v) is 16.6. The molecule has 1 aliphatic rings. The summed E-state index contributed by atoms with van der Waals surface area (Å²) in [5.74, 6) is -1.40. The predicted molar refractivity (Wildman–Crippen MR) is 105 cm³/mol. The van der Waals surface area contributed by atoms with Gasteiger partial charge in [-0.25, -0.2) is 8.42 Å². The van der Waals surface area contributed by atoms with Crippen LogP contribution in [0.5, 0.6) is 0 Å². The van der Waals surface area contributed by atoms with E-state index in [0.29, 0.717) is 23.4 Å². The first-order valence-corrected chi connectivity index (χ1v) is 10.7. The van der Waals surface area contributed by atoms with Gasteiger partial charge >= 0.3 is 5.97 Å². The number of ketones is 1. The second kappa shape index (κ2) is 8.43. The van der Waals surface area contributed by atoms with Crippen molar-refractivity contribution >= 4 is 33.4 Å². The molecule has 2 aromatic carbocycles. The molecular formula is C20H20ClNO5S. The second-order valence-corrected chi connectivity index (χ2v) is 8.97. The second-order valence-electron chi connectivity index (χ2n) is 6.68. The molecule has 1 saturated heterocycles. The molecule has 0 radical (unpaired) electrons. The van der Waals surface area contributed by atoms with Gasteiger partial charge in [0.05, 0.1) is 17.4 Å². The lowest BCUT2D eigenvalue weighted by molar-refractivity contribution is -0.136. The molecular weight excluding hydrogens is 402 g/mol. The zero-order chi connectivity index (χ0) is 20.3. The molecule has 1 fully saturated rings. The van der Waals surface area contributed by atoms with Crippen LogP contribution in [0.4, 0.5) is 0 Å². The summed E-state index contributed by atoms with van der Waals surface area (Å²) in [4.78, 5) is 24.1. The van der Waals surface area contributed by atoms with Crippen LogP contribution in [0.15, 0.2) is 53.4 Å². The van der Waals surface area contributed by atoms with E-state index >= 15 is 0 Å². The number of carbonyl (C=O) groups excluding carboxylic acids is 1. The number of carboxylic acid groups (broad SMARTS) is 1. The van der Waals surface area contributed by atoms with Gasteiger partial charge in [-0.1, -0.05) is 36.2 Å². The van der Waals surface area contributed by atoms with Crippen LogP contribution in [0, 0.1) is 0 Å². The Hall–Kier alpha value is -2.22. The van der Waals surface area contributed by atoms with Crippen molar-refractivity contribution < 1.29 is 23.1 Å². The number of carbonyl (C=O) groups is 2. The van der Waals surface area contributed by atoms with Crippen molar-refractivity contribution in [1.29, 1.82) is 0 Å². The fourth-order valence-electron chi connectivity index (χ4n) is 3.45. The van der Waals surface area contributed by atoms with Crippen LogP contribution >= 0.6 is 11.6 Å². The number of hydrogen-bond acceptors (Lipinski definition) is 4. The molecule has 0 aliphatic carbocycles. The maximum absolute atomic E-state index is 13.3. The van der Waals surface area contributed by atoms with Gasteiger partial charge < -0.3 is 5.11 Å². The van der Waals surface area contributed by atoms with Crippen LogP contribution in [0.25, 0.3) is 0 Å². The third kappa shape index (κ3) is 4.27. The molecule has 0 aromatic heterocycles. The number of hydrogen-bond donors (Lipinski definition) is 1. The number of sulfonamides is 1. The van der Waals surface area contributed by atoms with Crippen LogP contribution in [-0.2, 0) is 21.2 Å². The largest absolute Gasteiger partial charge is 0.481 e. The zero-order valence-electron chi connectivity index (χ0n) is 15.0. The molecule has 1 N–H and O–H groups in total. The van der Waals surface area contributed by atoms with E-state index in [2.05, 4.69) is 0 Å². The number of aliphatic carboxylic acids is 1. The monoisotopic (exact) mass is 421 g/mol. The highest BCUT2D eigenvalue weighted by atomic mass is 35.5. The number of piperidine rings is 1. The van der Waals surface area contributed by atoms with Crippen LogP contribution in [-0.4, -0.2) is 42.2 Å². The summed E-state index contributed by atoms with van der Waals surface area (Å²) >= 11 is 5.88. The summed E-state index contributed by atoms with van der Waals surface area (Å²) in [5.41, 5.74) is 0.605. The Labute approximate surface area is 168 Å². The number of carboxylic acids is 1. The average Bonchev–Trinajstić information content (AvgIpc) is 2.68. The summed E-state index contributed by atoms with van der Waals surface area (Å²) in [7, 11) is -4.03. The molecule has 1 unspecified atom stereocenters. The van der Waals surface area contributed by atoms with Crippen molar-refractivity contribution in [3.8, 4) is 0 Å². The van der Waals surface area contributed by atoms with Gasteiger partial charge in [0.15, 0.2) is 5.78 Å². The number of halogens is 1. The molecule has 6 nitrogen and oxygen atoms in total. The summed E-state index contributed by atoms with van der Waals surface area (Å²) in [5, 5.41) is 9.60. The summed E-state index contributed by atoms with van der Waals surface area (Å²) < 4.78 is 27.9. The van der Waals surface area contributed by atoms with Crippen molar-refractivity contribution in [2.75, 3.05) is 6.54 Å². The van der Waals surface area contributed by atoms with Gasteiger partial charge in [0.1, 0.15) is 0 Å². The van der Waals surface area contributed by atoms with E-state index in [0.717, 1.165) is 6.42 Å². The molecule has 28 heavy (non-hydrogen) atoms.